The van der Waals surface area contributed by atoms with Crippen LogP contribution in [0.4, 0.5) is 0 Å². The van der Waals surface area contributed by atoms with Gasteiger partial charge in [0.25, 0.3) is 0 Å². The smallest absolute Gasteiger partial charge is 0.335 e. The molecular formula is C7H14O4. The number of ether oxygens (including phenoxy) is 1. The highest BCUT2D eigenvalue weighted by atomic mass is 16.5. The minimum atomic E-state index is -1.69. The summed E-state index contributed by atoms with van der Waals surface area (Å²) in [6, 6.07) is 0. The van der Waals surface area contributed by atoms with Gasteiger partial charge in [-0.25, -0.2) is 4.79 Å². The Morgan fingerprint density at radius 1 is 1.73 bits per heavy atom. The number of hydrogen-bond acceptors (Lipinski definition) is 3. The van der Waals surface area contributed by atoms with E-state index >= 15 is 0 Å². The summed E-state index contributed by atoms with van der Waals surface area (Å²) in [5, 5.41) is 17.7. The zero-order valence-electron chi connectivity index (χ0n) is 7.00. The van der Waals surface area contributed by atoms with E-state index in [0.717, 1.165) is 0 Å². The molecule has 0 radical (unpaired) electrons. The van der Waals surface area contributed by atoms with Gasteiger partial charge in [-0.3, -0.25) is 0 Å². The molecule has 0 aliphatic heterocycles. The molecule has 0 aliphatic carbocycles. The third kappa shape index (κ3) is 3.34. The minimum Gasteiger partial charge on any atom is -0.479 e. The molecule has 66 valence electrons. The molecule has 2 atom stereocenters. The molecule has 0 amide bonds. The number of hydrogen-bond donors (Lipinski definition) is 2. The Balaban J connectivity index is 4.01. The van der Waals surface area contributed by atoms with Crippen molar-refractivity contribution in [2.45, 2.75) is 32.0 Å². The van der Waals surface area contributed by atoms with E-state index in [9.17, 15) is 9.90 Å². The van der Waals surface area contributed by atoms with E-state index in [4.69, 9.17) is 9.84 Å². The van der Waals surface area contributed by atoms with Gasteiger partial charge in [-0.05, 0) is 13.8 Å². The summed E-state index contributed by atoms with van der Waals surface area (Å²) in [5.74, 6) is -1.22. The monoisotopic (exact) mass is 162 g/mol. The Morgan fingerprint density at radius 3 is 2.45 bits per heavy atom. The largest absolute Gasteiger partial charge is 0.479 e. The minimum absolute atomic E-state index is 0.0961. The van der Waals surface area contributed by atoms with Crippen LogP contribution in [0.1, 0.15) is 20.3 Å². The fourth-order valence-electron chi connectivity index (χ4n) is 0.730. The molecule has 0 saturated carbocycles. The lowest BCUT2D eigenvalue weighted by molar-refractivity contribution is -0.159. The van der Waals surface area contributed by atoms with E-state index in [1.807, 2.05) is 0 Å². The zero-order chi connectivity index (χ0) is 9.07. The van der Waals surface area contributed by atoms with E-state index in [2.05, 4.69) is 0 Å². The lowest BCUT2D eigenvalue weighted by Crippen LogP contribution is -2.38. The summed E-state index contributed by atoms with van der Waals surface area (Å²) in [7, 11) is 1.47. The van der Waals surface area contributed by atoms with Gasteiger partial charge in [-0.15, -0.1) is 0 Å². The second-order valence-electron chi connectivity index (χ2n) is 2.83. The third-order valence-corrected chi connectivity index (χ3v) is 1.55. The van der Waals surface area contributed by atoms with Gasteiger partial charge in [0.15, 0.2) is 5.60 Å². The van der Waals surface area contributed by atoms with Gasteiger partial charge >= 0.3 is 5.97 Å². The van der Waals surface area contributed by atoms with Crippen LogP contribution in [0.25, 0.3) is 0 Å². The van der Waals surface area contributed by atoms with Gasteiger partial charge in [0.2, 0.25) is 0 Å². The van der Waals surface area contributed by atoms with E-state index in [1.165, 1.54) is 14.0 Å². The lowest BCUT2D eigenvalue weighted by atomic mass is 10.00. The number of carbonyl (C=O) groups is 1. The molecule has 0 unspecified atom stereocenters. The molecule has 0 saturated heterocycles. The number of carboxylic acid groups (broad SMARTS) is 1. The molecule has 0 aromatic rings. The molecule has 4 nitrogen and oxygen atoms in total. The average Bonchev–Trinajstić information content (AvgIpc) is 1.86. The van der Waals surface area contributed by atoms with Crippen molar-refractivity contribution in [2.24, 2.45) is 0 Å². The van der Waals surface area contributed by atoms with Gasteiger partial charge in [-0.1, -0.05) is 0 Å². The van der Waals surface area contributed by atoms with Gasteiger partial charge in [0.05, 0.1) is 6.10 Å². The van der Waals surface area contributed by atoms with Crippen molar-refractivity contribution < 1.29 is 19.7 Å². The molecule has 0 bridgehead atoms. The van der Waals surface area contributed by atoms with Crippen molar-refractivity contribution in [3.05, 3.63) is 0 Å². The molecule has 0 heterocycles. The van der Waals surface area contributed by atoms with Crippen LogP contribution in [0.5, 0.6) is 0 Å². The van der Waals surface area contributed by atoms with Crippen molar-refractivity contribution in [3.63, 3.8) is 0 Å². The molecule has 0 rings (SSSR count). The zero-order valence-corrected chi connectivity index (χ0v) is 7.00. The first kappa shape index (κ1) is 10.4. The van der Waals surface area contributed by atoms with Crippen LogP contribution in [0.2, 0.25) is 0 Å². The number of aliphatic hydroxyl groups is 1. The Labute approximate surface area is 65.8 Å². The fourth-order valence-corrected chi connectivity index (χ4v) is 0.730. The van der Waals surface area contributed by atoms with Gasteiger partial charge in [0.1, 0.15) is 0 Å². The first-order valence-corrected chi connectivity index (χ1v) is 3.38. The van der Waals surface area contributed by atoms with Gasteiger partial charge < -0.3 is 14.9 Å². The Hall–Kier alpha value is -0.610. The maximum atomic E-state index is 10.4. The predicted molar refractivity (Wildman–Crippen MR) is 39.3 cm³/mol. The number of aliphatic carboxylic acids is 1. The van der Waals surface area contributed by atoms with Crippen molar-refractivity contribution >= 4 is 5.97 Å². The molecule has 0 aromatic heterocycles. The van der Waals surface area contributed by atoms with Crippen molar-refractivity contribution in [1.29, 1.82) is 0 Å². The molecule has 0 aromatic carbocycles. The summed E-state index contributed by atoms with van der Waals surface area (Å²) < 4.78 is 4.81. The van der Waals surface area contributed by atoms with Crippen molar-refractivity contribution in [1.82, 2.24) is 0 Å². The third-order valence-electron chi connectivity index (χ3n) is 1.55. The Bertz CT molecular complexity index is 141. The number of carboxylic acids is 1. The fraction of sp³-hybridized carbons (Fsp3) is 0.857. The SMILES string of the molecule is CO[C@H](C)C[C@](C)(O)C(=O)O. The maximum absolute atomic E-state index is 10.4. The molecule has 0 fully saturated rings. The molecule has 4 heteroatoms. The second kappa shape index (κ2) is 3.69. The second-order valence-corrected chi connectivity index (χ2v) is 2.83. The average molecular weight is 162 g/mol. The van der Waals surface area contributed by atoms with Crippen LogP contribution in [-0.2, 0) is 9.53 Å². The summed E-state index contributed by atoms with van der Waals surface area (Å²) in [4.78, 5) is 10.4. The van der Waals surface area contributed by atoms with E-state index in [0.29, 0.717) is 0 Å². The highest BCUT2D eigenvalue weighted by Gasteiger charge is 2.31. The standard InChI is InChI=1S/C7H14O4/c1-5(11-3)4-7(2,10)6(8)9/h5,10H,4H2,1-3H3,(H,8,9)/t5-,7+/m1/s1. The molecule has 11 heavy (non-hydrogen) atoms. The Morgan fingerprint density at radius 2 is 2.18 bits per heavy atom. The van der Waals surface area contributed by atoms with Crippen LogP contribution in [0.3, 0.4) is 0 Å². The molecule has 0 aliphatic rings. The first-order chi connectivity index (χ1) is 4.90. The summed E-state index contributed by atoms with van der Waals surface area (Å²) >= 11 is 0. The van der Waals surface area contributed by atoms with Crippen LogP contribution in [0.15, 0.2) is 0 Å². The number of rotatable bonds is 4. The number of methoxy groups -OCH3 is 1. The summed E-state index contributed by atoms with van der Waals surface area (Å²) in [5.41, 5.74) is -1.69. The van der Waals surface area contributed by atoms with Gasteiger partial charge in [0, 0.05) is 13.5 Å². The van der Waals surface area contributed by atoms with Crippen LogP contribution >= 0.6 is 0 Å². The van der Waals surface area contributed by atoms with E-state index in [-0.39, 0.29) is 12.5 Å². The predicted octanol–water partition coefficient (Wildman–Crippen LogP) is 0.247. The lowest BCUT2D eigenvalue weighted by Gasteiger charge is -2.20. The van der Waals surface area contributed by atoms with Crippen molar-refractivity contribution in [2.75, 3.05) is 7.11 Å². The van der Waals surface area contributed by atoms with E-state index in [1.54, 1.807) is 6.92 Å². The topological polar surface area (TPSA) is 66.8 Å². The van der Waals surface area contributed by atoms with Crippen LogP contribution < -0.4 is 0 Å². The van der Waals surface area contributed by atoms with E-state index < -0.39 is 11.6 Å². The molecular weight excluding hydrogens is 148 g/mol. The van der Waals surface area contributed by atoms with Crippen molar-refractivity contribution in [3.8, 4) is 0 Å². The maximum Gasteiger partial charge on any atom is 0.335 e. The quantitative estimate of drug-likeness (QED) is 0.621. The van der Waals surface area contributed by atoms with Crippen LogP contribution in [0, 0.1) is 0 Å². The summed E-state index contributed by atoms with van der Waals surface area (Å²) in [6.45, 7) is 2.96. The highest BCUT2D eigenvalue weighted by molar-refractivity contribution is 5.76. The summed E-state index contributed by atoms with van der Waals surface area (Å²) in [6.07, 6.45) is -0.153. The Kier molecular flexibility index (Phi) is 3.48. The highest BCUT2D eigenvalue weighted by Crippen LogP contribution is 2.13. The van der Waals surface area contributed by atoms with Crippen LogP contribution in [-0.4, -0.2) is 35.0 Å². The normalized spacial score (nSPS) is 18.9. The first-order valence-electron chi connectivity index (χ1n) is 3.38. The van der Waals surface area contributed by atoms with Gasteiger partial charge in [-0.2, -0.15) is 0 Å². The molecule has 0 spiro atoms. The molecule has 2 N–H and O–H groups in total.